The number of hydrogen-bond acceptors (Lipinski definition) is 3. The van der Waals surface area contributed by atoms with E-state index >= 15 is 0 Å². The Kier molecular flexibility index (Phi) is 3.05. The van der Waals surface area contributed by atoms with E-state index in [2.05, 4.69) is 15.6 Å². The molecular weight excluding hydrogens is 231 g/mol. The van der Waals surface area contributed by atoms with Crippen LogP contribution in [-0.2, 0) is 13.6 Å². The molecule has 0 aliphatic rings. The second-order valence-corrected chi connectivity index (χ2v) is 3.74. The normalized spacial score (nSPS) is 10.4. The van der Waals surface area contributed by atoms with E-state index in [4.69, 9.17) is 11.6 Å². The minimum absolute atomic E-state index is 0.287. The van der Waals surface area contributed by atoms with Crippen molar-refractivity contribution < 1.29 is 4.39 Å². The van der Waals surface area contributed by atoms with Crippen molar-refractivity contribution in [2.75, 3.05) is 5.32 Å². The highest BCUT2D eigenvalue weighted by Gasteiger charge is 2.06. The third kappa shape index (κ3) is 2.30. The maximum atomic E-state index is 13.4. The smallest absolute Gasteiger partial charge is 0.147 e. The standard InChI is InChI=1S/C10H10ClFN4/c1-16-6-7(14-15-16)5-13-10-8(11)3-2-4-9(10)12/h2-4,6,13H,5H2,1H3. The highest BCUT2D eigenvalue weighted by Crippen LogP contribution is 2.24. The van der Waals surface area contributed by atoms with Gasteiger partial charge in [-0.1, -0.05) is 22.9 Å². The fourth-order valence-electron chi connectivity index (χ4n) is 1.32. The highest BCUT2D eigenvalue weighted by atomic mass is 35.5. The number of aryl methyl sites for hydroxylation is 1. The third-order valence-electron chi connectivity index (χ3n) is 2.06. The number of benzene rings is 1. The lowest BCUT2D eigenvalue weighted by atomic mass is 10.3. The molecule has 0 radical (unpaired) electrons. The number of nitrogens with one attached hydrogen (secondary N) is 1. The van der Waals surface area contributed by atoms with Crippen molar-refractivity contribution in [3.05, 3.63) is 40.9 Å². The van der Waals surface area contributed by atoms with Crippen LogP contribution < -0.4 is 5.32 Å². The van der Waals surface area contributed by atoms with Gasteiger partial charge in [0.2, 0.25) is 0 Å². The van der Waals surface area contributed by atoms with E-state index in [9.17, 15) is 4.39 Å². The summed E-state index contributed by atoms with van der Waals surface area (Å²) in [6.45, 7) is 0.383. The van der Waals surface area contributed by atoms with Crippen molar-refractivity contribution in [1.82, 2.24) is 15.0 Å². The zero-order valence-electron chi connectivity index (χ0n) is 8.61. The molecule has 16 heavy (non-hydrogen) atoms. The van der Waals surface area contributed by atoms with Gasteiger partial charge in [-0.05, 0) is 12.1 Å². The molecule has 4 nitrogen and oxygen atoms in total. The number of anilines is 1. The Morgan fingerprint density at radius 3 is 2.94 bits per heavy atom. The number of aromatic nitrogens is 3. The molecule has 1 heterocycles. The second kappa shape index (κ2) is 4.49. The molecule has 0 bridgehead atoms. The summed E-state index contributed by atoms with van der Waals surface area (Å²) < 4.78 is 15.0. The van der Waals surface area contributed by atoms with Gasteiger partial charge in [0.15, 0.2) is 0 Å². The zero-order chi connectivity index (χ0) is 11.5. The average Bonchev–Trinajstić information content (AvgIpc) is 2.63. The largest absolute Gasteiger partial charge is 0.376 e. The molecule has 1 N–H and O–H groups in total. The number of rotatable bonds is 3. The number of nitrogens with zero attached hydrogens (tertiary/aromatic N) is 3. The van der Waals surface area contributed by atoms with Gasteiger partial charge >= 0.3 is 0 Å². The fourth-order valence-corrected chi connectivity index (χ4v) is 1.55. The fraction of sp³-hybridized carbons (Fsp3) is 0.200. The second-order valence-electron chi connectivity index (χ2n) is 3.33. The van der Waals surface area contributed by atoms with Gasteiger partial charge < -0.3 is 5.32 Å². The number of para-hydroxylation sites is 1. The lowest BCUT2D eigenvalue weighted by Crippen LogP contribution is -2.02. The topological polar surface area (TPSA) is 42.7 Å². The van der Waals surface area contributed by atoms with Crippen LogP contribution in [0.5, 0.6) is 0 Å². The van der Waals surface area contributed by atoms with Crippen LogP contribution in [0.3, 0.4) is 0 Å². The van der Waals surface area contributed by atoms with Crippen molar-refractivity contribution in [3.63, 3.8) is 0 Å². The maximum absolute atomic E-state index is 13.4. The SMILES string of the molecule is Cn1cc(CNc2c(F)cccc2Cl)nn1. The molecule has 0 amide bonds. The predicted molar refractivity (Wildman–Crippen MR) is 59.7 cm³/mol. The maximum Gasteiger partial charge on any atom is 0.147 e. The van der Waals surface area contributed by atoms with Crippen molar-refractivity contribution in [1.29, 1.82) is 0 Å². The van der Waals surface area contributed by atoms with E-state index in [1.807, 2.05) is 0 Å². The molecule has 2 aromatic rings. The van der Waals surface area contributed by atoms with Gasteiger partial charge in [0.05, 0.1) is 17.3 Å². The molecule has 0 aliphatic carbocycles. The molecule has 0 unspecified atom stereocenters. The van der Waals surface area contributed by atoms with Gasteiger partial charge in [0, 0.05) is 13.2 Å². The Bertz CT molecular complexity index is 477. The van der Waals surface area contributed by atoms with E-state index in [-0.39, 0.29) is 11.5 Å². The Labute approximate surface area is 97.0 Å². The first-order chi connectivity index (χ1) is 7.66. The van der Waals surface area contributed by atoms with Gasteiger partial charge in [0.1, 0.15) is 11.5 Å². The lowest BCUT2D eigenvalue weighted by molar-refractivity contribution is 0.630. The number of halogens is 2. The number of hydrogen-bond donors (Lipinski definition) is 1. The van der Waals surface area contributed by atoms with Crippen molar-refractivity contribution in [3.8, 4) is 0 Å². The summed E-state index contributed by atoms with van der Waals surface area (Å²) in [4.78, 5) is 0. The third-order valence-corrected chi connectivity index (χ3v) is 2.37. The summed E-state index contributed by atoms with van der Waals surface area (Å²) in [5.74, 6) is -0.378. The molecule has 0 aliphatic heterocycles. The van der Waals surface area contributed by atoms with Crippen LogP contribution in [-0.4, -0.2) is 15.0 Å². The molecular formula is C10H10ClFN4. The molecule has 0 saturated carbocycles. The van der Waals surface area contributed by atoms with Crippen LogP contribution in [0.4, 0.5) is 10.1 Å². The molecule has 1 aromatic heterocycles. The monoisotopic (exact) mass is 240 g/mol. The van der Waals surface area contributed by atoms with E-state index in [0.717, 1.165) is 5.69 Å². The first-order valence-electron chi connectivity index (χ1n) is 4.70. The van der Waals surface area contributed by atoms with Crippen LogP contribution in [0.1, 0.15) is 5.69 Å². The Hall–Kier alpha value is -1.62. The molecule has 0 atom stereocenters. The van der Waals surface area contributed by atoms with Crippen LogP contribution >= 0.6 is 11.6 Å². The quantitative estimate of drug-likeness (QED) is 0.895. The Balaban J connectivity index is 2.10. The zero-order valence-corrected chi connectivity index (χ0v) is 9.37. The van der Waals surface area contributed by atoms with Gasteiger partial charge in [-0.2, -0.15) is 0 Å². The summed E-state index contributed by atoms with van der Waals surface area (Å²) >= 11 is 5.86. The van der Waals surface area contributed by atoms with Crippen LogP contribution in [0, 0.1) is 5.82 Å². The first kappa shape index (κ1) is 10.9. The summed E-state index contributed by atoms with van der Waals surface area (Å²) in [6, 6.07) is 4.54. The van der Waals surface area contributed by atoms with Crippen LogP contribution in [0.2, 0.25) is 5.02 Å². The summed E-state index contributed by atoms with van der Waals surface area (Å²) in [5, 5.41) is 10.9. The van der Waals surface area contributed by atoms with Crippen LogP contribution in [0.15, 0.2) is 24.4 Å². The predicted octanol–water partition coefficient (Wildman–Crippen LogP) is 2.22. The molecule has 0 saturated heterocycles. The minimum atomic E-state index is -0.378. The highest BCUT2D eigenvalue weighted by molar-refractivity contribution is 6.33. The molecule has 0 spiro atoms. The lowest BCUT2D eigenvalue weighted by Gasteiger charge is -2.07. The van der Waals surface area contributed by atoms with E-state index < -0.39 is 0 Å². The summed E-state index contributed by atoms with van der Waals surface area (Å²) in [6.07, 6.45) is 1.75. The Morgan fingerprint density at radius 2 is 2.31 bits per heavy atom. The molecule has 2 rings (SSSR count). The molecule has 6 heteroatoms. The van der Waals surface area contributed by atoms with Gasteiger partial charge in [0.25, 0.3) is 0 Å². The van der Waals surface area contributed by atoms with E-state index in [1.54, 1.807) is 30.1 Å². The van der Waals surface area contributed by atoms with Crippen molar-refractivity contribution in [2.24, 2.45) is 7.05 Å². The van der Waals surface area contributed by atoms with Crippen LogP contribution in [0.25, 0.3) is 0 Å². The molecule has 1 aromatic carbocycles. The van der Waals surface area contributed by atoms with E-state index in [1.165, 1.54) is 6.07 Å². The minimum Gasteiger partial charge on any atom is -0.376 e. The molecule has 84 valence electrons. The summed E-state index contributed by atoms with van der Waals surface area (Å²) in [7, 11) is 1.77. The van der Waals surface area contributed by atoms with Crippen molar-refractivity contribution in [2.45, 2.75) is 6.54 Å². The summed E-state index contributed by atoms with van der Waals surface area (Å²) in [5.41, 5.74) is 1.01. The van der Waals surface area contributed by atoms with Crippen molar-refractivity contribution >= 4 is 17.3 Å². The average molecular weight is 241 g/mol. The first-order valence-corrected chi connectivity index (χ1v) is 5.07. The van der Waals surface area contributed by atoms with Gasteiger partial charge in [-0.25, -0.2) is 4.39 Å². The Morgan fingerprint density at radius 1 is 1.50 bits per heavy atom. The van der Waals surface area contributed by atoms with E-state index in [0.29, 0.717) is 11.6 Å². The molecule has 0 fully saturated rings. The van der Waals surface area contributed by atoms with Gasteiger partial charge in [-0.3, -0.25) is 4.68 Å². The van der Waals surface area contributed by atoms with Gasteiger partial charge in [-0.15, -0.1) is 5.10 Å².